The molecule has 10 heteroatoms. The van der Waals surface area contributed by atoms with E-state index in [1.165, 1.54) is 42.5 Å². The molecule has 1 unspecified atom stereocenters. The lowest BCUT2D eigenvalue weighted by Gasteiger charge is -2.27. The Morgan fingerprint density at radius 3 is 2.51 bits per heavy atom. The summed E-state index contributed by atoms with van der Waals surface area (Å²) in [5.41, 5.74) is 6.62. The standard InChI is InChI=1S/C27H20Cl3FN2O4/c1-2-3-9-35-25-19(29)10-14(11-20(25)30)27(34)36-15-7-8-16-22(12-15)37-26(33)17(13-32)23(16)24-18(28)5-4-6-21(24)31/h4-8,10-12,23H,2-3,9,33H2,1H3. The maximum absolute atomic E-state index is 14.8. The van der Waals surface area contributed by atoms with Gasteiger partial charge in [-0.25, -0.2) is 9.18 Å². The van der Waals surface area contributed by atoms with E-state index in [4.69, 9.17) is 54.7 Å². The molecule has 0 bridgehead atoms. The maximum atomic E-state index is 14.8. The molecule has 0 aromatic heterocycles. The number of ether oxygens (including phenoxy) is 3. The second kappa shape index (κ2) is 11.3. The summed E-state index contributed by atoms with van der Waals surface area (Å²) in [5.74, 6) is -1.85. The first-order chi connectivity index (χ1) is 17.7. The average molecular weight is 562 g/mol. The normalized spacial score (nSPS) is 14.4. The van der Waals surface area contributed by atoms with E-state index in [0.29, 0.717) is 17.9 Å². The molecule has 6 nitrogen and oxygen atoms in total. The summed E-state index contributed by atoms with van der Waals surface area (Å²) >= 11 is 18.8. The molecule has 3 aromatic rings. The quantitative estimate of drug-likeness (QED) is 0.183. The molecule has 0 saturated carbocycles. The number of fused-ring (bicyclic) bond motifs is 1. The SMILES string of the molecule is CCCCOc1c(Cl)cc(C(=O)Oc2ccc3c(c2)OC(N)=C(C#N)C3c2c(F)cccc2Cl)cc1Cl. The van der Waals surface area contributed by atoms with Crippen LogP contribution in [0.1, 0.15) is 47.2 Å². The number of hydrogen-bond donors (Lipinski definition) is 1. The van der Waals surface area contributed by atoms with E-state index in [2.05, 4.69) is 0 Å². The molecule has 37 heavy (non-hydrogen) atoms. The van der Waals surface area contributed by atoms with Crippen LogP contribution >= 0.6 is 34.8 Å². The summed E-state index contributed by atoms with van der Waals surface area (Å²) in [5, 5.41) is 10.2. The molecule has 0 aliphatic carbocycles. The molecule has 2 N–H and O–H groups in total. The Morgan fingerprint density at radius 2 is 1.86 bits per heavy atom. The van der Waals surface area contributed by atoms with Crippen molar-refractivity contribution in [2.45, 2.75) is 25.7 Å². The van der Waals surface area contributed by atoms with Crippen molar-refractivity contribution in [3.05, 3.63) is 97.6 Å². The number of carbonyl (C=O) groups excluding carboxylic acids is 1. The third-order valence-corrected chi connectivity index (χ3v) is 6.56. The summed E-state index contributed by atoms with van der Waals surface area (Å²) in [6, 6.07) is 13.5. The zero-order chi connectivity index (χ0) is 26.7. The number of nitriles is 1. The molecule has 0 saturated heterocycles. The lowest BCUT2D eigenvalue weighted by molar-refractivity contribution is 0.0734. The Labute approximate surface area is 227 Å². The van der Waals surface area contributed by atoms with Crippen molar-refractivity contribution in [1.29, 1.82) is 5.26 Å². The molecular formula is C27H20Cl3FN2O4. The minimum atomic E-state index is -0.912. The minimum Gasteiger partial charge on any atom is -0.490 e. The van der Waals surface area contributed by atoms with Gasteiger partial charge in [0.05, 0.1) is 28.1 Å². The molecule has 0 fully saturated rings. The van der Waals surface area contributed by atoms with Crippen molar-refractivity contribution in [3.63, 3.8) is 0 Å². The highest BCUT2D eigenvalue weighted by molar-refractivity contribution is 6.37. The van der Waals surface area contributed by atoms with Gasteiger partial charge in [0.1, 0.15) is 29.0 Å². The Hall–Kier alpha value is -3.44. The fraction of sp³-hybridized carbons (Fsp3) is 0.185. The lowest BCUT2D eigenvalue weighted by atomic mass is 9.83. The van der Waals surface area contributed by atoms with Gasteiger partial charge in [-0.3, -0.25) is 0 Å². The number of benzene rings is 3. The van der Waals surface area contributed by atoms with Gasteiger partial charge in [-0.1, -0.05) is 60.3 Å². The van der Waals surface area contributed by atoms with Crippen molar-refractivity contribution in [1.82, 2.24) is 0 Å². The fourth-order valence-corrected chi connectivity index (χ4v) is 4.75. The van der Waals surface area contributed by atoms with E-state index in [1.807, 2.05) is 13.0 Å². The van der Waals surface area contributed by atoms with Crippen molar-refractivity contribution >= 4 is 40.8 Å². The van der Waals surface area contributed by atoms with E-state index in [-0.39, 0.29) is 49.2 Å². The summed E-state index contributed by atoms with van der Waals surface area (Å²) in [4.78, 5) is 12.8. The van der Waals surface area contributed by atoms with Crippen LogP contribution in [-0.2, 0) is 0 Å². The number of halogens is 4. The highest BCUT2D eigenvalue weighted by atomic mass is 35.5. The molecule has 0 radical (unpaired) electrons. The van der Waals surface area contributed by atoms with Gasteiger partial charge in [0, 0.05) is 22.2 Å². The van der Waals surface area contributed by atoms with Crippen molar-refractivity contribution < 1.29 is 23.4 Å². The second-order valence-electron chi connectivity index (χ2n) is 8.12. The number of nitrogens with zero attached hydrogens (tertiary/aromatic N) is 1. The van der Waals surface area contributed by atoms with Crippen molar-refractivity contribution in [2.24, 2.45) is 5.73 Å². The molecule has 1 aliphatic heterocycles. The second-order valence-corrected chi connectivity index (χ2v) is 9.34. The first kappa shape index (κ1) is 26.6. The molecule has 3 aromatic carbocycles. The largest absolute Gasteiger partial charge is 0.490 e. The molecule has 0 spiro atoms. The van der Waals surface area contributed by atoms with Crippen LogP contribution in [0, 0.1) is 17.1 Å². The smallest absolute Gasteiger partial charge is 0.343 e. The minimum absolute atomic E-state index is 0.00905. The molecule has 1 aliphatic rings. The third-order valence-electron chi connectivity index (χ3n) is 5.67. The number of nitrogens with two attached hydrogens (primary N) is 1. The van der Waals surface area contributed by atoms with Crippen LogP contribution in [0.3, 0.4) is 0 Å². The number of rotatable bonds is 7. The Morgan fingerprint density at radius 1 is 1.14 bits per heavy atom. The average Bonchev–Trinajstić information content (AvgIpc) is 2.85. The van der Waals surface area contributed by atoms with Gasteiger partial charge in [-0.05, 0) is 36.8 Å². The van der Waals surface area contributed by atoms with Crippen LogP contribution in [-0.4, -0.2) is 12.6 Å². The van der Waals surface area contributed by atoms with Crippen LogP contribution < -0.4 is 19.9 Å². The first-order valence-electron chi connectivity index (χ1n) is 11.2. The number of carbonyl (C=O) groups is 1. The van der Waals surface area contributed by atoms with Gasteiger partial charge in [-0.15, -0.1) is 0 Å². The summed E-state index contributed by atoms with van der Waals surface area (Å²) in [7, 11) is 0. The molecular weight excluding hydrogens is 542 g/mol. The molecule has 0 amide bonds. The van der Waals surface area contributed by atoms with E-state index < -0.39 is 17.7 Å². The Balaban J connectivity index is 1.63. The van der Waals surface area contributed by atoms with Crippen LogP contribution in [0.2, 0.25) is 15.1 Å². The van der Waals surface area contributed by atoms with Crippen molar-refractivity contribution in [2.75, 3.05) is 6.61 Å². The monoisotopic (exact) mass is 560 g/mol. The molecule has 1 atom stereocenters. The molecule has 4 rings (SSSR count). The highest BCUT2D eigenvalue weighted by Gasteiger charge is 2.34. The van der Waals surface area contributed by atoms with Gasteiger partial charge in [0.2, 0.25) is 5.88 Å². The zero-order valence-electron chi connectivity index (χ0n) is 19.5. The molecule has 1 heterocycles. The third kappa shape index (κ3) is 5.47. The van der Waals surface area contributed by atoms with Gasteiger partial charge in [0.15, 0.2) is 5.75 Å². The summed E-state index contributed by atoms with van der Waals surface area (Å²) in [6.45, 7) is 2.47. The van der Waals surface area contributed by atoms with E-state index in [9.17, 15) is 14.4 Å². The van der Waals surface area contributed by atoms with Crippen LogP contribution in [0.15, 0.2) is 60.0 Å². The van der Waals surface area contributed by atoms with Gasteiger partial charge in [-0.2, -0.15) is 5.26 Å². The number of hydrogen-bond acceptors (Lipinski definition) is 6. The van der Waals surface area contributed by atoms with E-state index in [0.717, 1.165) is 12.8 Å². The Kier molecular flexibility index (Phi) is 8.13. The van der Waals surface area contributed by atoms with Crippen LogP contribution in [0.25, 0.3) is 0 Å². The highest BCUT2D eigenvalue weighted by Crippen LogP contribution is 2.46. The predicted octanol–water partition coefficient (Wildman–Crippen LogP) is 7.40. The van der Waals surface area contributed by atoms with Gasteiger partial charge in [0.25, 0.3) is 0 Å². The number of unbranched alkanes of at least 4 members (excludes halogenated alkanes) is 1. The van der Waals surface area contributed by atoms with Gasteiger partial charge >= 0.3 is 5.97 Å². The first-order valence-corrected chi connectivity index (χ1v) is 12.4. The summed E-state index contributed by atoms with van der Waals surface area (Å²) in [6.07, 6.45) is 1.77. The molecule has 190 valence electrons. The number of esters is 1. The lowest BCUT2D eigenvalue weighted by Crippen LogP contribution is -2.22. The zero-order valence-corrected chi connectivity index (χ0v) is 21.8. The topological polar surface area (TPSA) is 94.6 Å². The van der Waals surface area contributed by atoms with E-state index in [1.54, 1.807) is 6.07 Å². The van der Waals surface area contributed by atoms with Crippen molar-refractivity contribution in [3.8, 4) is 23.3 Å². The number of allylic oxidation sites excluding steroid dienone is 1. The van der Waals surface area contributed by atoms with Crippen LogP contribution in [0.4, 0.5) is 4.39 Å². The maximum Gasteiger partial charge on any atom is 0.343 e. The fourth-order valence-electron chi connectivity index (χ4n) is 3.88. The van der Waals surface area contributed by atoms with Crippen LogP contribution in [0.5, 0.6) is 17.2 Å². The Bertz CT molecular complexity index is 1410. The van der Waals surface area contributed by atoms with E-state index >= 15 is 0 Å². The summed E-state index contributed by atoms with van der Waals surface area (Å²) < 4.78 is 31.5. The van der Waals surface area contributed by atoms with Gasteiger partial charge < -0.3 is 19.9 Å². The predicted molar refractivity (Wildman–Crippen MR) is 139 cm³/mol.